The summed E-state index contributed by atoms with van der Waals surface area (Å²) >= 11 is 0. The Morgan fingerprint density at radius 3 is 0.990 bits per heavy atom. The third-order valence-corrected chi connectivity index (χ3v) is 22.4. The number of fused-ring (bicyclic) bond motifs is 16. The van der Waals surface area contributed by atoms with Crippen LogP contribution in [0.3, 0.4) is 0 Å². The molecule has 6 nitrogen and oxygen atoms in total. The van der Waals surface area contributed by atoms with Crippen molar-refractivity contribution in [2.75, 3.05) is 16.5 Å². The topological polar surface area (TPSA) is 42.1 Å². The van der Waals surface area contributed by atoms with Crippen molar-refractivity contribution in [2.45, 2.75) is 51.6 Å². The highest BCUT2D eigenvalue weighted by atomic mass is 15.4. The maximum Gasteiger partial charge on any atom is 0.145 e. The number of benzene rings is 14. The summed E-state index contributed by atoms with van der Waals surface area (Å²) in [6.45, 7) is 11.8. The van der Waals surface area contributed by atoms with Crippen LogP contribution in [-0.2, 0) is 23.9 Å². The Labute approximate surface area is 589 Å². The summed E-state index contributed by atoms with van der Waals surface area (Å²) in [4.78, 5) is 16.6. The fraction of sp³-hybridized carbons (Fsp3) is 0.0947. The van der Waals surface area contributed by atoms with E-state index in [-0.39, 0.29) is 10.8 Å². The van der Waals surface area contributed by atoms with Gasteiger partial charge in [0.15, 0.2) is 0 Å². The molecule has 2 aromatic heterocycles. The van der Waals surface area contributed by atoms with Crippen LogP contribution in [0.25, 0.3) is 145 Å². The largest absolute Gasteiger partial charge is 0.349 e. The van der Waals surface area contributed by atoms with Gasteiger partial charge in [0.25, 0.3) is 0 Å². The molecule has 2 aliphatic carbocycles. The van der Waals surface area contributed by atoms with Gasteiger partial charge in [-0.05, 0) is 125 Å². The lowest BCUT2D eigenvalue weighted by molar-refractivity contribution is 0.657. The van der Waals surface area contributed by atoms with Gasteiger partial charge < -0.3 is 9.80 Å². The van der Waals surface area contributed by atoms with Gasteiger partial charge in [-0.1, -0.05) is 307 Å². The molecule has 20 rings (SSSR count). The van der Waals surface area contributed by atoms with E-state index >= 15 is 0 Å². The van der Waals surface area contributed by atoms with Crippen LogP contribution in [0.1, 0.15) is 61.1 Å². The second-order valence-electron chi connectivity index (χ2n) is 28.8. The molecule has 16 aromatic rings. The normalized spacial score (nSPS) is 14.1. The van der Waals surface area contributed by atoms with Crippen molar-refractivity contribution in [1.29, 1.82) is 0 Å². The Morgan fingerprint density at radius 1 is 0.267 bits per heavy atom. The first-order valence-corrected chi connectivity index (χ1v) is 35.4. The average Bonchev–Trinajstić information content (AvgIpc) is 1.50. The van der Waals surface area contributed by atoms with E-state index in [2.05, 4.69) is 362 Å². The predicted molar refractivity (Wildman–Crippen MR) is 418 cm³/mol. The maximum atomic E-state index is 5.69. The number of hydrogen-bond acceptors (Lipinski definition) is 4. The Morgan fingerprint density at radius 2 is 0.594 bits per heavy atom. The summed E-state index contributed by atoms with van der Waals surface area (Å²) in [5.74, 6) is 1.80. The van der Waals surface area contributed by atoms with E-state index in [0.29, 0.717) is 0 Å². The molecular weight excluding hydrogens is 1230 g/mol. The summed E-state index contributed by atoms with van der Waals surface area (Å²) in [6, 6.07) is 116. The number of hydrogen-bond donors (Lipinski definition) is 0. The van der Waals surface area contributed by atoms with Gasteiger partial charge >= 0.3 is 0 Å². The maximum absolute atomic E-state index is 5.69. The van der Waals surface area contributed by atoms with E-state index in [1.165, 1.54) is 111 Å². The summed E-state index contributed by atoms with van der Waals surface area (Å²) in [5.41, 5.74) is 33.1. The zero-order valence-corrected chi connectivity index (χ0v) is 56.8. The Kier molecular flexibility index (Phi) is 13.1. The van der Waals surface area contributed by atoms with Crippen LogP contribution in [0.4, 0.5) is 11.4 Å². The number of rotatable bonds is 10. The van der Waals surface area contributed by atoms with E-state index < -0.39 is 0 Å². The highest BCUT2D eigenvalue weighted by molar-refractivity contribution is 6.09. The van der Waals surface area contributed by atoms with Crippen molar-refractivity contribution >= 4 is 32.9 Å². The predicted octanol–water partition coefficient (Wildman–Crippen LogP) is 23.6. The van der Waals surface area contributed by atoms with Crippen molar-refractivity contribution in [2.24, 2.45) is 0 Å². The molecule has 0 spiro atoms. The van der Waals surface area contributed by atoms with Crippen LogP contribution in [0.5, 0.6) is 0 Å². The quantitative estimate of drug-likeness (QED) is 0.137. The van der Waals surface area contributed by atoms with Crippen molar-refractivity contribution in [3.63, 3.8) is 0 Å². The van der Waals surface area contributed by atoms with Crippen LogP contribution >= 0.6 is 0 Å². The van der Waals surface area contributed by atoms with Crippen molar-refractivity contribution in [3.05, 3.63) is 349 Å². The van der Waals surface area contributed by atoms with Gasteiger partial charge in [0.1, 0.15) is 11.6 Å². The smallest absolute Gasteiger partial charge is 0.145 e. The molecule has 4 aliphatic rings. The lowest BCUT2D eigenvalue weighted by atomic mass is 9.82. The Hall–Kier alpha value is -12.4. The van der Waals surface area contributed by atoms with Gasteiger partial charge in [-0.25, -0.2) is 9.97 Å². The van der Waals surface area contributed by atoms with E-state index in [4.69, 9.17) is 9.97 Å². The van der Waals surface area contributed by atoms with Crippen molar-refractivity contribution < 1.29 is 0 Å². The molecule has 480 valence electrons. The fourth-order valence-corrected chi connectivity index (χ4v) is 17.6. The first kappa shape index (κ1) is 58.7. The number of aromatic nitrogens is 4. The van der Waals surface area contributed by atoms with E-state index in [1.54, 1.807) is 0 Å². The molecule has 0 fully saturated rings. The zero-order valence-electron chi connectivity index (χ0n) is 56.8. The fourth-order valence-electron chi connectivity index (χ4n) is 17.6. The highest BCUT2D eigenvalue weighted by Crippen LogP contribution is 2.54. The van der Waals surface area contributed by atoms with Gasteiger partial charge in [-0.2, -0.15) is 0 Å². The number of nitrogens with zero attached hydrogens (tertiary/aromatic N) is 6. The third kappa shape index (κ3) is 9.10. The molecule has 0 N–H and O–H groups in total. The van der Waals surface area contributed by atoms with Crippen LogP contribution < -0.4 is 9.80 Å². The molecule has 14 aromatic carbocycles. The highest BCUT2D eigenvalue weighted by Gasteiger charge is 2.39. The summed E-state index contributed by atoms with van der Waals surface area (Å²) in [7, 11) is 0. The molecule has 2 bridgehead atoms. The Bertz CT molecular complexity index is 5650. The SMILES string of the molecule is CC1(C)c2ccccc2-c2ccc(-n3c(-c4ccc(-c5cc6c(c7ccccc57)N5Cc7cc(-c8ccc(-c9nc(-c%10ccccc%10)c(-c%10ccccc%10)n9-c9ccc%10c(c9)C(C)(C)c9ccccc9-%10)cc8)c8ccccc8c7N(C6)C5)cc4)nc(-c4ccccc4)c3-c3ccccc3)cc21. The molecule has 0 atom stereocenters. The summed E-state index contributed by atoms with van der Waals surface area (Å²) < 4.78 is 4.83. The number of anilines is 2. The molecular formula is C95H70N6. The van der Waals surface area contributed by atoms with Crippen LogP contribution in [0.15, 0.2) is 315 Å². The second-order valence-corrected chi connectivity index (χ2v) is 28.8. The van der Waals surface area contributed by atoms with Crippen LogP contribution in [0, 0.1) is 0 Å². The Balaban J connectivity index is 0.668. The first-order valence-electron chi connectivity index (χ1n) is 35.4. The zero-order chi connectivity index (χ0) is 67.2. The van der Waals surface area contributed by atoms with E-state index in [1.807, 2.05) is 0 Å². The standard InChI is InChI=1S/C95H70N6/c1-94(2)82-39-23-21-35-74(82)76-51-49-70(55-84(76)94)100-90(64-29-13-7-14-30-64)86(62-25-9-5-10-26-62)96-92(100)66-45-41-60(42-46-66)80-53-68-57-98-59-99(88(68)78-37-19-17-33-72(78)80)58-69-54-81(73-34-18-20-38-79(73)89(69)98)61-43-47-67(48-44-61)93-97-87(63-27-11-6-12-28-63)91(65-31-15-8-16-32-65)101(93)71-50-52-77-75-36-22-24-40-83(75)95(3,4)85(77)56-71/h5-56H,57-59H2,1-4H3. The number of imidazole rings is 2. The molecule has 0 radical (unpaired) electrons. The minimum Gasteiger partial charge on any atom is -0.349 e. The van der Waals surface area contributed by atoms with E-state index in [9.17, 15) is 0 Å². The lowest BCUT2D eigenvalue weighted by Gasteiger charge is -2.46. The monoisotopic (exact) mass is 1290 g/mol. The molecule has 0 unspecified atom stereocenters. The molecule has 6 heteroatoms. The van der Waals surface area contributed by atoms with Crippen molar-refractivity contribution in [3.8, 4) is 124 Å². The van der Waals surface area contributed by atoms with Crippen LogP contribution in [-0.4, -0.2) is 25.8 Å². The van der Waals surface area contributed by atoms with Gasteiger partial charge in [-0.3, -0.25) is 9.13 Å². The van der Waals surface area contributed by atoms with Crippen molar-refractivity contribution in [1.82, 2.24) is 19.1 Å². The molecule has 0 amide bonds. The molecule has 0 saturated carbocycles. The minimum atomic E-state index is -0.172. The minimum absolute atomic E-state index is 0.172. The summed E-state index contributed by atoms with van der Waals surface area (Å²) in [5, 5.41) is 5.05. The average molecular weight is 1300 g/mol. The van der Waals surface area contributed by atoms with E-state index in [0.717, 1.165) is 98.9 Å². The molecule has 0 saturated heterocycles. The van der Waals surface area contributed by atoms with Gasteiger partial charge in [0.2, 0.25) is 0 Å². The first-order chi connectivity index (χ1) is 49.6. The lowest BCUT2D eigenvalue weighted by Crippen LogP contribution is -2.46. The molecule has 101 heavy (non-hydrogen) atoms. The summed E-state index contributed by atoms with van der Waals surface area (Å²) in [6.07, 6.45) is 0. The van der Waals surface area contributed by atoms with Crippen LogP contribution in [0.2, 0.25) is 0 Å². The second kappa shape index (κ2) is 22.6. The molecule has 2 aliphatic heterocycles. The van der Waals surface area contributed by atoms with Gasteiger partial charge in [0.05, 0.1) is 40.8 Å². The third-order valence-electron chi connectivity index (χ3n) is 22.4. The van der Waals surface area contributed by atoms with Gasteiger partial charge in [0, 0.05) is 79.4 Å². The van der Waals surface area contributed by atoms with Gasteiger partial charge in [-0.15, -0.1) is 0 Å². The molecule has 4 heterocycles.